The second-order valence-electron chi connectivity index (χ2n) is 5.07. The quantitative estimate of drug-likeness (QED) is 0.778. The largest absolute Gasteiger partial charge is 0.312 e. The highest BCUT2D eigenvalue weighted by Crippen LogP contribution is 2.20. The van der Waals surface area contributed by atoms with Gasteiger partial charge in [0.05, 0.1) is 6.54 Å². The fraction of sp³-hybridized carbons (Fsp3) is 0.538. The van der Waals surface area contributed by atoms with Crippen molar-refractivity contribution in [1.82, 2.24) is 30.5 Å². The van der Waals surface area contributed by atoms with Gasteiger partial charge in [-0.15, -0.1) is 5.10 Å². The Balaban J connectivity index is 1.52. The first-order valence-corrected chi connectivity index (χ1v) is 7.83. The lowest BCUT2D eigenvalue weighted by Crippen LogP contribution is -2.22. The molecule has 0 amide bonds. The molecule has 20 heavy (non-hydrogen) atoms. The maximum atomic E-state index is 4.20. The van der Waals surface area contributed by atoms with Crippen molar-refractivity contribution < 1.29 is 0 Å². The zero-order valence-electron chi connectivity index (χ0n) is 11.5. The monoisotopic (exact) mass is 290 g/mol. The molecule has 1 saturated carbocycles. The van der Waals surface area contributed by atoms with Crippen LogP contribution in [0.4, 0.5) is 0 Å². The molecule has 0 saturated heterocycles. The minimum Gasteiger partial charge on any atom is -0.312 e. The van der Waals surface area contributed by atoms with Crippen LogP contribution in [0.3, 0.4) is 0 Å². The zero-order chi connectivity index (χ0) is 13.8. The predicted molar refractivity (Wildman–Crippen MR) is 77.4 cm³/mol. The third-order valence-corrected chi connectivity index (χ3v) is 4.16. The first-order chi connectivity index (χ1) is 9.81. The van der Waals surface area contributed by atoms with Crippen molar-refractivity contribution in [1.29, 1.82) is 0 Å². The van der Waals surface area contributed by atoms with E-state index < -0.39 is 0 Å². The number of hydrogen-bond donors (Lipinski definition) is 1. The molecule has 1 fully saturated rings. The Kier molecular flexibility index (Phi) is 4.27. The molecule has 2 aromatic heterocycles. The van der Waals surface area contributed by atoms with E-state index in [0.717, 1.165) is 30.0 Å². The summed E-state index contributed by atoms with van der Waals surface area (Å²) in [6, 6.07) is 2.86. The van der Waals surface area contributed by atoms with Gasteiger partial charge >= 0.3 is 0 Å². The fourth-order valence-electron chi connectivity index (χ4n) is 1.95. The Morgan fingerprint density at radius 2 is 2.30 bits per heavy atom. The van der Waals surface area contributed by atoms with Crippen molar-refractivity contribution >= 4 is 11.8 Å². The van der Waals surface area contributed by atoms with Gasteiger partial charge in [-0.25, -0.2) is 4.68 Å². The summed E-state index contributed by atoms with van der Waals surface area (Å²) in [6.07, 6.45) is 6.36. The van der Waals surface area contributed by atoms with E-state index in [4.69, 9.17) is 0 Å². The molecule has 0 unspecified atom stereocenters. The van der Waals surface area contributed by atoms with Gasteiger partial charge in [0.25, 0.3) is 0 Å². The molecule has 106 valence electrons. The molecule has 0 aromatic carbocycles. The number of nitrogens with one attached hydrogen (secondary N) is 1. The number of nitrogens with zero attached hydrogens (tertiary/aromatic N) is 5. The molecule has 0 bridgehead atoms. The maximum Gasteiger partial charge on any atom is 0.209 e. The molecular weight excluding hydrogens is 272 g/mol. The van der Waals surface area contributed by atoms with Gasteiger partial charge in [0, 0.05) is 30.7 Å². The van der Waals surface area contributed by atoms with Crippen molar-refractivity contribution in [3.63, 3.8) is 0 Å². The van der Waals surface area contributed by atoms with E-state index in [0.29, 0.717) is 0 Å². The molecule has 3 rings (SSSR count). The zero-order valence-corrected chi connectivity index (χ0v) is 12.3. The topological polar surface area (TPSA) is 68.5 Å². The van der Waals surface area contributed by atoms with E-state index in [1.54, 1.807) is 11.8 Å². The van der Waals surface area contributed by atoms with Crippen LogP contribution in [-0.2, 0) is 12.3 Å². The number of tetrazole rings is 1. The van der Waals surface area contributed by atoms with Gasteiger partial charge in [-0.1, -0.05) is 17.8 Å². The molecule has 1 N–H and O–H groups in total. The van der Waals surface area contributed by atoms with Crippen LogP contribution < -0.4 is 5.32 Å². The summed E-state index contributed by atoms with van der Waals surface area (Å²) < 4.78 is 1.86. The molecule has 0 spiro atoms. The van der Waals surface area contributed by atoms with Crippen LogP contribution in [0.1, 0.15) is 24.0 Å². The SMILES string of the molecule is Cc1cncc(CSc2nnnn2CCNC2CC2)c1. The van der Waals surface area contributed by atoms with Gasteiger partial charge in [0.15, 0.2) is 0 Å². The molecule has 2 aromatic rings. The Morgan fingerprint density at radius 3 is 3.10 bits per heavy atom. The van der Waals surface area contributed by atoms with Crippen molar-refractivity contribution in [2.45, 2.75) is 43.3 Å². The van der Waals surface area contributed by atoms with Gasteiger partial charge in [-0.05, 0) is 41.3 Å². The summed E-state index contributed by atoms with van der Waals surface area (Å²) in [5.74, 6) is 0.838. The number of aromatic nitrogens is 5. The maximum absolute atomic E-state index is 4.20. The Hall–Kier alpha value is -1.47. The average molecular weight is 290 g/mol. The lowest BCUT2D eigenvalue weighted by Gasteiger charge is -2.05. The van der Waals surface area contributed by atoms with E-state index in [2.05, 4.69) is 38.8 Å². The van der Waals surface area contributed by atoms with Gasteiger partial charge in [-0.3, -0.25) is 4.98 Å². The smallest absolute Gasteiger partial charge is 0.209 e. The summed E-state index contributed by atoms with van der Waals surface area (Å²) in [4.78, 5) is 4.20. The summed E-state index contributed by atoms with van der Waals surface area (Å²) in [5.41, 5.74) is 2.37. The molecule has 0 aliphatic heterocycles. The van der Waals surface area contributed by atoms with Gasteiger partial charge in [0.2, 0.25) is 5.16 Å². The van der Waals surface area contributed by atoms with Crippen LogP contribution in [0.15, 0.2) is 23.6 Å². The Morgan fingerprint density at radius 1 is 1.40 bits per heavy atom. The first kappa shape index (κ1) is 13.5. The third-order valence-electron chi connectivity index (χ3n) is 3.13. The van der Waals surface area contributed by atoms with Crippen molar-refractivity contribution in [2.24, 2.45) is 0 Å². The Bertz CT molecular complexity index is 565. The van der Waals surface area contributed by atoms with Gasteiger partial charge in [-0.2, -0.15) is 0 Å². The summed E-state index contributed by atoms with van der Waals surface area (Å²) >= 11 is 1.65. The highest BCUT2D eigenvalue weighted by molar-refractivity contribution is 7.98. The predicted octanol–water partition coefficient (Wildman–Crippen LogP) is 1.42. The number of hydrogen-bond acceptors (Lipinski definition) is 6. The van der Waals surface area contributed by atoms with E-state index in [9.17, 15) is 0 Å². The van der Waals surface area contributed by atoms with Crippen LogP contribution in [0, 0.1) is 6.92 Å². The molecule has 6 nitrogen and oxygen atoms in total. The molecule has 0 radical (unpaired) electrons. The van der Waals surface area contributed by atoms with Crippen LogP contribution in [0.2, 0.25) is 0 Å². The molecular formula is C13H18N6S. The Labute approximate surface area is 122 Å². The van der Waals surface area contributed by atoms with Crippen LogP contribution in [-0.4, -0.2) is 37.8 Å². The minimum atomic E-state index is 0.723. The third kappa shape index (κ3) is 3.77. The van der Waals surface area contributed by atoms with Gasteiger partial charge in [0.1, 0.15) is 0 Å². The normalized spacial score (nSPS) is 14.7. The highest BCUT2D eigenvalue weighted by Gasteiger charge is 2.20. The fourth-order valence-corrected chi connectivity index (χ4v) is 2.77. The number of pyridine rings is 1. The van der Waals surface area contributed by atoms with Crippen LogP contribution in [0.5, 0.6) is 0 Å². The van der Waals surface area contributed by atoms with E-state index in [1.807, 2.05) is 17.1 Å². The first-order valence-electron chi connectivity index (χ1n) is 6.84. The number of thioether (sulfide) groups is 1. The lowest BCUT2D eigenvalue weighted by molar-refractivity contribution is 0.509. The standard InChI is InChI=1S/C13H18N6S/c1-10-6-11(8-14-7-10)9-20-13-16-17-18-19(13)5-4-15-12-2-3-12/h6-8,12,15H,2-5,9H2,1H3. The van der Waals surface area contributed by atoms with E-state index in [-0.39, 0.29) is 0 Å². The molecule has 0 atom stereocenters. The number of rotatable bonds is 7. The second-order valence-corrected chi connectivity index (χ2v) is 6.01. The molecule has 7 heteroatoms. The van der Waals surface area contributed by atoms with E-state index >= 15 is 0 Å². The molecule has 2 heterocycles. The summed E-state index contributed by atoms with van der Waals surface area (Å²) in [6.45, 7) is 3.79. The van der Waals surface area contributed by atoms with Gasteiger partial charge < -0.3 is 5.32 Å². The summed E-state index contributed by atoms with van der Waals surface area (Å²) in [7, 11) is 0. The van der Waals surface area contributed by atoms with Crippen LogP contribution >= 0.6 is 11.8 Å². The molecule has 1 aliphatic rings. The lowest BCUT2D eigenvalue weighted by atomic mass is 10.2. The van der Waals surface area contributed by atoms with Crippen LogP contribution in [0.25, 0.3) is 0 Å². The summed E-state index contributed by atoms with van der Waals surface area (Å²) in [5, 5.41) is 16.2. The van der Waals surface area contributed by atoms with E-state index in [1.165, 1.54) is 24.0 Å². The minimum absolute atomic E-state index is 0.723. The molecule has 1 aliphatic carbocycles. The van der Waals surface area contributed by atoms with Crippen molar-refractivity contribution in [3.05, 3.63) is 29.6 Å². The number of aryl methyl sites for hydroxylation is 1. The van der Waals surface area contributed by atoms with Crippen molar-refractivity contribution in [3.8, 4) is 0 Å². The second kappa shape index (κ2) is 6.32. The van der Waals surface area contributed by atoms with Crippen molar-refractivity contribution in [2.75, 3.05) is 6.54 Å². The highest BCUT2D eigenvalue weighted by atomic mass is 32.2. The average Bonchev–Trinajstić information content (AvgIpc) is 3.15.